The molecule has 0 fully saturated rings. The summed E-state index contributed by atoms with van der Waals surface area (Å²) in [6, 6.07) is 31.8. The van der Waals surface area contributed by atoms with E-state index in [0.29, 0.717) is 22.3 Å². The molecule has 0 saturated heterocycles. The van der Waals surface area contributed by atoms with Gasteiger partial charge in [-0.15, -0.1) is 0 Å². The lowest BCUT2D eigenvalue weighted by molar-refractivity contribution is 0.563. The minimum absolute atomic E-state index is 0.386. The number of hydrogen-bond acceptors (Lipinski definition) is 4. The van der Waals surface area contributed by atoms with Gasteiger partial charge in [0.15, 0.2) is 0 Å². The van der Waals surface area contributed by atoms with Gasteiger partial charge in [0.25, 0.3) is 0 Å². The first-order chi connectivity index (χ1) is 21.4. The van der Waals surface area contributed by atoms with E-state index in [1.807, 2.05) is 115 Å². The fourth-order valence-corrected chi connectivity index (χ4v) is 6.99. The Morgan fingerprint density at radius 2 is 0.909 bits per heavy atom. The summed E-state index contributed by atoms with van der Waals surface area (Å²) < 4.78 is 17.9. The zero-order valence-corrected chi connectivity index (χ0v) is 24.2. The highest BCUT2D eigenvalue weighted by atomic mass is 16.4. The first-order valence-corrected chi connectivity index (χ1v) is 14.4. The van der Waals surface area contributed by atoms with Crippen molar-refractivity contribution in [2.45, 2.75) is 0 Å². The Balaban J connectivity index is 1.28. The summed E-state index contributed by atoms with van der Waals surface area (Å²) in [4.78, 5) is 26.7. The predicted octanol–water partition coefficient (Wildman–Crippen LogP) is 7.86. The van der Waals surface area contributed by atoms with Crippen molar-refractivity contribution in [2.24, 2.45) is 21.1 Å². The number of fused-ring (bicyclic) bond motifs is 9. The van der Waals surface area contributed by atoms with Crippen LogP contribution in [-0.2, 0) is 21.1 Å². The van der Waals surface area contributed by atoms with Gasteiger partial charge < -0.3 is 22.5 Å². The van der Waals surface area contributed by atoms with Crippen LogP contribution < -0.4 is 11.3 Å². The Labute approximate surface area is 249 Å². The molecule has 0 bridgehead atoms. The standard InChI is InChI=1S/C37H25N3O4/c1-38-30-18-28(26-16-24-22-10-6-4-8-20(22)12-14-32(24)43-36(26)41)39(2)34(30)35-31(38)19-29(40(35)3)27-17-25-23-11-7-5-9-21(23)13-15-33(25)44-37(27)42/h4-19H,1-3H3. The summed E-state index contributed by atoms with van der Waals surface area (Å²) in [7, 11) is 5.94. The smallest absolute Gasteiger partial charge is 0.345 e. The third-order valence-electron chi connectivity index (χ3n) is 9.21. The fraction of sp³-hybridized carbons (Fsp3) is 0.0811. The van der Waals surface area contributed by atoms with Crippen LogP contribution in [0, 0.1) is 0 Å². The first-order valence-electron chi connectivity index (χ1n) is 14.4. The third kappa shape index (κ3) is 3.21. The molecule has 4 aromatic carbocycles. The van der Waals surface area contributed by atoms with Crippen molar-refractivity contribution in [1.82, 2.24) is 13.7 Å². The van der Waals surface area contributed by atoms with Crippen molar-refractivity contribution < 1.29 is 8.83 Å². The largest absolute Gasteiger partial charge is 0.422 e. The normalized spacial score (nSPS) is 12.2. The molecule has 0 amide bonds. The Morgan fingerprint density at radius 3 is 1.36 bits per heavy atom. The molecular weight excluding hydrogens is 550 g/mol. The summed E-state index contributed by atoms with van der Waals surface area (Å²) in [5, 5.41) is 6.02. The van der Waals surface area contributed by atoms with Crippen LogP contribution in [0.3, 0.4) is 0 Å². The number of nitrogens with zero attached hydrogens (tertiary/aromatic N) is 3. The molecule has 0 spiro atoms. The zero-order valence-electron chi connectivity index (χ0n) is 24.2. The van der Waals surface area contributed by atoms with E-state index in [2.05, 4.69) is 16.7 Å². The van der Waals surface area contributed by atoms with E-state index < -0.39 is 0 Å². The molecule has 212 valence electrons. The van der Waals surface area contributed by atoms with Gasteiger partial charge in [-0.05, 0) is 57.9 Å². The van der Waals surface area contributed by atoms with E-state index in [4.69, 9.17) is 8.83 Å². The quantitative estimate of drug-likeness (QED) is 0.155. The molecule has 7 nitrogen and oxygen atoms in total. The summed E-state index contributed by atoms with van der Waals surface area (Å²) in [6.45, 7) is 0. The number of aromatic nitrogens is 3. The minimum Gasteiger partial charge on any atom is -0.422 e. The van der Waals surface area contributed by atoms with Gasteiger partial charge in [0.2, 0.25) is 0 Å². The van der Waals surface area contributed by atoms with Crippen molar-refractivity contribution in [3.05, 3.63) is 118 Å². The number of hydrogen-bond donors (Lipinski definition) is 0. The molecule has 7 heteroatoms. The van der Waals surface area contributed by atoms with Gasteiger partial charge in [0.05, 0.1) is 44.6 Å². The Bertz CT molecular complexity index is 2610. The minimum atomic E-state index is -0.386. The molecule has 0 aliphatic carbocycles. The fourth-order valence-electron chi connectivity index (χ4n) is 6.99. The van der Waals surface area contributed by atoms with E-state index in [1.165, 1.54) is 0 Å². The lowest BCUT2D eigenvalue weighted by Crippen LogP contribution is -2.06. The second kappa shape index (κ2) is 8.61. The maximum Gasteiger partial charge on any atom is 0.345 e. The monoisotopic (exact) mass is 575 g/mol. The van der Waals surface area contributed by atoms with E-state index in [1.54, 1.807) is 0 Å². The van der Waals surface area contributed by atoms with E-state index in [0.717, 1.165) is 65.8 Å². The lowest BCUT2D eigenvalue weighted by atomic mass is 10.0. The number of benzene rings is 4. The van der Waals surface area contributed by atoms with Crippen molar-refractivity contribution in [3.63, 3.8) is 0 Å². The van der Waals surface area contributed by atoms with E-state index in [9.17, 15) is 9.59 Å². The highest BCUT2D eigenvalue weighted by Gasteiger charge is 2.24. The number of rotatable bonds is 2. The molecule has 0 aliphatic rings. The topological polar surface area (TPSA) is 75.2 Å². The molecule has 0 atom stereocenters. The van der Waals surface area contributed by atoms with Crippen LogP contribution in [0.5, 0.6) is 0 Å². The maximum atomic E-state index is 13.3. The summed E-state index contributed by atoms with van der Waals surface area (Å²) >= 11 is 0. The van der Waals surface area contributed by atoms with Crippen LogP contribution in [0.4, 0.5) is 0 Å². The first kappa shape index (κ1) is 24.7. The Morgan fingerprint density at radius 1 is 0.477 bits per heavy atom. The van der Waals surface area contributed by atoms with Crippen LogP contribution >= 0.6 is 0 Å². The van der Waals surface area contributed by atoms with Gasteiger partial charge in [-0.3, -0.25) is 0 Å². The zero-order chi connectivity index (χ0) is 29.9. The van der Waals surface area contributed by atoms with Crippen LogP contribution in [-0.4, -0.2) is 13.7 Å². The molecule has 0 unspecified atom stereocenters. The van der Waals surface area contributed by atoms with Crippen LogP contribution in [0.1, 0.15) is 0 Å². The lowest BCUT2D eigenvalue weighted by Gasteiger charge is -2.08. The van der Waals surface area contributed by atoms with Gasteiger partial charge in [-0.2, -0.15) is 0 Å². The number of aryl methyl sites for hydroxylation is 3. The molecule has 9 aromatic rings. The molecule has 5 aromatic heterocycles. The van der Waals surface area contributed by atoms with Crippen molar-refractivity contribution in [2.75, 3.05) is 0 Å². The molecule has 0 saturated carbocycles. The van der Waals surface area contributed by atoms with Crippen molar-refractivity contribution >= 4 is 65.6 Å². The molecular formula is C37H25N3O4. The van der Waals surface area contributed by atoms with E-state index in [-0.39, 0.29) is 11.3 Å². The van der Waals surface area contributed by atoms with Crippen molar-refractivity contribution in [1.29, 1.82) is 0 Å². The molecule has 0 aliphatic heterocycles. The van der Waals surface area contributed by atoms with Crippen LogP contribution in [0.25, 0.3) is 88.1 Å². The van der Waals surface area contributed by atoms with Gasteiger partial charge in [0.1, 0.15) is 11.2 Å². The average Bonchev–Trinajstić information content (AvgIpc) is 3.64. The molecule has 5 heterocycles. The van der Waals surface area contributed by atoms with Gasteiger partial charge in [-0.25, -0.2) is 9.59 Å². The van der Waals surface area contributed by atoms with Gasteiger partial charge in [0, 0.05) is 31.9 Å². The summed E-state index contributed by atoms with van der Waals surface area (Å²) in [5.74, 6) is 0. The third-order valence-corrected chi connectivity index (χ3v) is 9.21. The highest BCUT2D eigenvalue weighted by Crippen LogP contribution is 2.38. The average molecular weight is 576 g/mol. The SMILES string of the molecule is Cn1c(-c2cc3c(ccc4ccccc43)oc2=O)cc2c1c1c(cc(-c3cc4c(ccc5ccccc54)oc3=O)n1C)n2C. The second-order valence-corrected chi connectivity index (χ2v) is 11.5. The molecule has 44 heavy (non-hydrogen) atoms. The molecule has 9 rings (SSSR count). The van der Waals surface area contributed by atoms with Crippen LogP contribution in [0.2, 0.25) is 0 Å². The van der Waals surface area contributed by atoms with Crippen molar-refractivity contribution in [3.8, 4) is 22.5 Å². The maximum absolute atomic E-state index is 13.3. The van der Waals surface area contributed by atoms with E-state index >= 15 is 0 Å². The Kier molecular flexibility index (Phi) is 4.84. The van der Waals surface area contributed by atoms with Gasteiger partial charge in [-0.1, -0.05) is 60.7 Å². The summed E-state index contributed by atoms with van der Waals surface area (Å²) in [6.07, 6.45) is 0. The Hall–Kier alpha value is -5.82. The van der Waals surface area contributed by atoms with Gasteiger partial charge >= 0.3 is 11.3 Å². The predicted molar refractivity (Wildman–Crippen MR) is 176 cm³/mol. The molecule has 0 N–H and O–H groups in total. The second-order valence-electron chi connectivity index (χ2n) is 11.5. The summed E-state index contributed by atoms with van der Waals surface area (Å²) in [5.41, 5.74) is 6.73. The molecule has 0 radical (unpaired) electrons. The highest BCUT2D eigenvalue weighted by molar-refractivity contribution is 6.11. The van der Waals surface area contributed by atoms with Crippen LogP contribution in [0.15, 0.2) is 115 Å².